The molecule has 0 aliphatic heterocycles. The van der Waals surface area contributed by atoms with Gasteiger partial charge in [-0.25, -0.2) is 9.37 Å². The van der Waals surface area contributed by atoms with Crippen LogP contribution < -0.4 is 5.56 Å². The monoisotopic (exact) mass is 242 g/mol. The van der Waals surface area contributed by atoms with Crippen molar-refractivity contribution in [3.8, 4) is 0 Å². The molecule has 0 aliphatic rings. The van der Waals surface area contributed by atoms with Crippen LogP contribution in [0.25, 0.3) is 11.0 Å². The number of fused-ring (bicyclic) bond motifs is 1. The topological polar surface area (TPSA) is 45.8 Å². The van der Waals surface area contributed by atoms with E-state index in [4.69, 9.17) is 0 Å². The molecule has 0 radical (unpaired) electrons. The molecule has 1 heterocycles. The number of aromatic amines is 1. The van der Waals surface area contributed by atoms with Crippen LogP contribution in [-0.4, -0.2) is 9.97 Å². The van der Waals surface area contributed by atoms with Gasteiger partial charge in [0.15, 0.2) is 0 Å². The van der Waals surface area contributed by atoms with Crippen molar-refractivity contribution >= 4 is 27.0 Å². The summed E-state index contributed by atoms with van der Waals surface area (Å²) in [5.74, 6) is -0.396. The van der Waals surface area contributed by atoms with Gasteiger partial charge in [-0.05, 0) is 28.1 Å². The van der Waals surface area contributed by atoms with Gasteiger partial charge in [-0.15, -0.1) is 0 Å². The second kappa shape index (κ2) is 2.92. The number of hydrogen-bond donors (Lipinski definition) is 1. The molecule has 5 heteroatoms. The number of benzene rings is 1. The highest BCUT2D eigenvalue weighted by molar-refractivity contribution is 9.10. The predicted molar refractivity (Wildman–Crippen MR) is 50.0 cm³/mol. The van der Waals surface area contributed by atoms with Gasteiger partial charge in [0.2, 0.25) is 0 Å². The molecule has 0 bridgehead atoms. The van der Waals surface area contributed by atoms with Crippen LogP contribution in [0.3, 0.4) is 0 Å². The lowest BCUT2D eigenvalue weighted by Crippen LogP contribution is -2.05. The quantitative estimate of drug-likeness (QED) is 0.767. The third-order valence-electron chi connectivity index (χ3n) is 1.64. The first-order valence-electron chi connectivity index (χ1n) is 3.51. The van der Waals surface area contributed by atoms with E-state index in [2.05, 4.69) is 25.9 Å². The van der Waals surface area contributed by atoms with E-state index in [1.165, 1.54) is 12.1 Å². The first-order valence-corrected chi connectivity index (χ1v) is 4.31. The highest BCUT2D eigenvalue weighted by Crippen LogP contribution is 2.22. The van der Waals surface area contributed by atoms with Crippen molar-refractivity contribution in [1.29, 1.82) is 0 Å². The second-order valence-electron chi connectivity index (χ2n) is 2.50. The van der Waals surface area contributed by atoms with Crippen LogP contribution in [0, 0.1) is 5.82 Å². The van der Waals surface area contributed by atoms with Crippen LogP contribution in [0.2, 0.25) is 0 Å². The molecule has 1 aromatic carbocycles. The Morgan fingerprint density at radius 1 is 1.46 bits per heavy atom. The number of hydrogen-bond acceptors (Lipinski definition) is 2. The molecule has 0 amide bonds. The molecule has 2 aromatic rings. The summed E-state index contributed by atoms with van der Waals surface area (Å²) in [4.78, 5) is 17.2. The Kier molecular flexibility index (Phi) is 1.88. The lowest BCUT2D eigenvalue weighted by atomic mass is 10.3. The van der Waals surface area contributed by atoms with Crippen molar-refractivity contribution < 1.29 is 4.39 Å². The van der Waals surface area contributed by atoms with Crippen LogP contribution in [0.1, 0.15) is 0 Å². The summed E-state index contributed by atoms with van der Waals surface area (Å²) < 4.78 is 13.2. The molecule has 0 atom stereocenters. The number of nitrogens with one attached hydrogen (secondary N) is 1. The van der Waals surface area contributed by atoms with Crippen LogP contribution >= 0.6 is 15.9 Å². The summed E-state index contributed by atoms with van der Waals surface area (Å²) >= 11 is 3.05. The van der Waals surface area contributed by atoms with Crippen LogP contribution in [0.4, 0.5) is 4.39 Å². The Labute approximate surface area is 80.7 Å². The summed E-state index contributed by atoms with van der Waals surface area (Å²) in [6.45, 7) is 0. The van der Waals surface area contributed by atoms with Gasteiger partial charge in [0.1, 0.15) is 11.3 Å². The fourth-order valence-corrected chi connectivity index (χ4v) is 1.50. The number of H-pyrrole nitrogens is 1. The summed E-state index contributed by atoms with van der Waals surface area (Å²) in [7, 11) is 0. The van der Waals surface area contributed by atoms with E-state index in [9.17, 15) is 9.18 Å². The van der Waals surface area contributed by atoms with Crippen LogP contribution in [-0.2, 0) is 0 Å². The van der Waals surface area contributed by atoms with Crippen LogP contribution in [0.5, 0.6) is 0 Å². The molecule has 66 valence electrons. The van der Waals surface area contributed by atoms with Crippen molar-refractivity contribution in [2.24, 2.45) is 0 Å². The van der Waals surface area contributed by atoms with E-state index < -0.39 is 5.82 Å². The summed E-state index contributed by atoms with van der Waals surface area (Å²) in [6, 6.07) is 2.74. The van der Waals surface area contributed by atoms with Gasteiger partial charge >= 0.3 is 0 Å². The van der Waals surface area contributed by atoms with Gasteiger partial charge in [-0.2, -0.15) is 0 Å². The maximum Gasteiger partial charge on any atom is 0.266 e. The largest absolute Gasteiger partial charge is 0.319 e. The summed E-state index contributed by atoms with van der Waals surface area (Å²) in [5, 5.41) is 0. The van der Waals surface area contributed by atoms with Crippen LogP contribution in [0.15, 0.2) is 27.6 Å². The van der Waals surface area contributed by atoms with Crippen molar-refractivity contribution in [1.82, 2.24) is 9.97 Å². The highest BCUT2D eigenvalue weighted by Gasteiger charge is 2.05. The first-order chi connectivity index (χ1) is 6.18. The van der Waals surface area contributed by atoms with E-state index in [0.717, 1.165) is 6.20 Å². The fourth-order valence-electron chi connectivity index (χ4n) is 1.06. The first kappa shape index (κ1) is 8.37. The molecule has 0 saturated carbocycles. The Balaban J connectivity index is 2.95. The molecule has 3 nitrogen and oxygen atoms in total. The minimum Gasteiger partial charge on any atom is -0.319 e. The number of aromatic nitrogens is 2. The Morgan fingerprint density at radius 3 is 3.00 bits per heavy atom. The fraction of sp³-hybridized carbons (Fsp3) is 0. The molecular weight excluding hydrogens is 239 g/mol. The van der Waals surface area contributed by atoms with Gasteiger partial charge < -0.3 is 4.98 Å². The normalized spacial score (nSPS) is 10.6. The minimum absolute atomic E-state index is 0.265. The smallest absolute Gasteiger partial charge is 0.266 e. The maximum atomic E-state index is 13.0. The molecule has 0 fully saturated rings. The molecule has 1 aromatic heterocycles. The van der Waals surface area contributed by atoms with E-state index in [1.807, 2.05) is 0 Å². The zero-order chi connectivity index (χ0) is 9.42. The third kappa shape index (κ3) is 1.35. The van der Waals surface area contributed by atoms with E-state index >= 15 is 0 Å². The van der Waals surface area contributed by atoms with E-state index in [0.29, 0.717) is 11.0 Å². The molecule has 2 rings (SSSR count). The SMILES string of the molecule is O=c1cnc2c(Br)c(F)ccc2[nH]1. The molecule has 0 aliphatic carbocycles. The number of rotatable bonds is 0. The predicted octanol–water partition coefficient (Wildman–Crippen LogP) is 1.82. The summed E-state index contributed by atoms with van der Waals surface area (Å²) in [6.07, 6.45) is 1.12. The minimum atomic E-state index is -0.396. The van der Waals surface area contributed by atoms with Crippen molar-refractivity contribution in [3.63, 3.8) is 0 Å². The molecule has 0 saturated heterocycles. The standard InChI is InChI=1S/C8H4BrFN2O/c9-7-4(10)1-2-5-8(7)11-3-6(13)12-5/h1-3H,(H,12,13). The molecule has 0 spiro atoms. The lowest BCUT2D eigenvalue weighted by molar-refractivity contribution is 0.623. The number of halogens is 2. The van der Waals surface area contributed by atoms with E-state index in [1.54, 1.807) is 0 Å². The van der Waals surface area contributed by atoms with Crippen molar-refractivity contribution in [3.05, 3.63) is 39.0 Å². The third-order valence-corrected chi connectivity index (χ3v) is 2.39. The van der Waals surface area contributed by atoms with Gasteiger partial charge in [0.05, 0.1) is 16.2 Å². The Hall–Kier alpha value is -1.23. The molecule has 1 N–H and O–H groups in total. The average molecular weight is 243 g/mol. The maximum absolute atomic E-state index is 13.0. The van der Waals surface area contributed by atoms with Gasteiger partial charge in [-0.3, -0.25) is 4.79 Å². The number of nitrogens with zero attached hydrogens (tertiary/aromatic N) is 1. The molecule has 13 heavy (non-hydrogen) atoms. The van der Waals surface area contributed by atoms with Crippen molar-refractivity contribution in [2.45, 2.75) is 0 Å². The summed E-state index contributed by atoms with van der Waals surface area (Å²) in [5.41, 5.74) is 0.631. The van der Waals surface area contributed by atoms with E-state index in [-0.39, 0.29) is 10.0 Å². The zero-order valence-corrected chi connectivity index (χ0v) is 7.93. The Bertz CT molecular complexity index is 523. The molecule has 0 unspecified atom stereocenters. The average Bonchev–Trinajstić information content (AvgIpc) is 2.12. The second-order valence-corrected chi connectivity index (χ2v) is 3.30. The Morgan fingerprint density at radius 2 is 2.23 bits per heavy atom. The van der Waals surface area contributed by atoms with Gasteiger partial charge in [-0.1, -0.05) is 0 Å². The van der Waals surface area contributed by atoms with Gasteiger partial charge in [0, 0.05) is 0 Å². The van der Waals surface area contributed by atoms with Gasteiger partial charge in [0.25, 0.3) is 5.56 Å². The molecular formula is C8H4BrFN2O. The lowest BCUT2D eigenvalue weighted by Gasteiger charge is -1.98. The van der Waals surface area contributed by atoms with Crippen molar-refractivity contribution in [2.75, 3.05) is 0 Å². The zero-order valence-electron chi connectivity index (χ0n) is 6.34. The highest BCUT2D eigenvalue weighted by atomic mass is 79.9.